The highest BCUT2D eigenvalue weighted by Crippen LogP contribution is 2.22. The molecule has 0 fully saturated rings. The van der Waals surface area contributed by atoms with Gasteiger partial charge in [0.2, 0.25) is 0 Å². The Hall–Kier alpha value is -1.57. The molecule has 0 aliphatic heterocycles. The quantitative estimate of drug-likeness (QED) is 0.863. The van der Waals surface area contributed by atoms with Crippen molar-refractivity contribution in [1.82, 2.24) is 5.16 Å². The van der Waals surface area contributed by atoms with E-state index in [1.165, 1.54) is 6.20 Å². The van der Waals surface area contributed by atoms with E-state index in [0.29, 0.717) is 11.5 Å². The van der Waals surface area contributed by atoms with Crippen molar-refractivity contribution in [3.8, 4) is 5.75 Å². The first-order valence-corrected chi connectivity index (χ1v) is 5.80. The third-order valence-corrected chi connectivity index (χ3v) is 2.70. The van der Waals surface area contributed by atoms with Gasteiger partial charge in [0.05, 0.1) is 6.20 Å². The third kappa shape index (κ3) is 2.96. The first kappa shape index (κ1) is 11.9. The van der Waals surface area contributed by atoms with Crippen LogP contribution in [0.2, 0.25) is 0 Å². The minimum atomic E-state index is -1.02. The average Bonchev–Trinajstić information content (AvgIpc) is 2.80. The lowest BCUT2D eigenvalue weighted by atomic mass is 10.2. The Morgan fingerprint density at radius 2 is 2.29 bits per heavy atom. The number of hydrogen-bond acceptors (Lipinski definition) is 4. The molecule has 0 bridgehead atoms. The maximum atomic E-state index is 11.0. The summed E-state index contributed by atoms with van der Waals surface area (Å²) in [7, 11) is 0. The standard InChI is InChI=1S/C11H8INO4/c12-7-1-2-10(9(5-7)11(14)15)16-6-8-3-4-13-17-8/h1-5H,6H2,(H,14,15). The summed E-state index contributed by atoms with van der Waals surface area (Å²) < 4.78 is 11.1. The molecule has 0 saturated heterocycles. The fourth-order valence-electron chi connectivity index (χ4n) is 1.26. The minimum Gasteiger partial charge on any atom is -0.485 e. The van der Waals surface area contributed by atoms with Crippen molar-refractivity contribution in [2.24, 2.45) is 0 Å². The molecule has 0 saturated carbocycles. The number of carbonyl (C=O) groups is 1. The highest BCUT2D eigenvalue weighted by Gasteiger charge is 2.12. The van der Waals surface area contributed by atoms with Crippen LogP contribution in [0.5, 0.6) is 5.75 Å². The van der Waals surface area contributed by atoms with E-state index in [1.54, 1.807) is 24.3 Å². The van der Waals surface area contributed by atoms with E-state index in [9.17, 15) is 4.79 Å². The van der Waals surface area contributed by atoms with Crippen LogP contribution in [0.1, 0.15) is 16.1 Å². The highest BCUT2D eigenvalue weighted by atomic mass is 127. The molecule has 6 heteroatoms. The minimum absolute atomic E-state index is 0.136. The number of carboxylic acid groups (broad SMARTS) is 1. The molecule has 1 heterocycles. The van der Waals surface area contributed by atoms with E-state index in [0.717, 1.165) is 3.57 Å². The van der Waals surface area contributed by atoms with E-state index in [-0.39, 0.29) is 12.2 Å². The Bertz CT molecular complexity index is 524. The molecule has 0 spiro atoms. The molecule has 88 valence electrons. The molecule has 0 unspecified atom stereocenters. The van der Waals surface area contributed by atoms with E-state index in [2.05, 4.69) is 5.16 Å². The Morgan fingerprint density at radius 3 is 2.94 bits per heavy atom. The number of nitrogens with zero attached hydrogens (tertiary/aromatic N) is 1. The number of halogens is 1. The molecule has 0 aliphatic rings. The second-order valence-corrected chi connectivity index (χ2v) is 4.46. The summed E-state index contributed by atoms with van der Waals surface area (Å²) in [4.78, 5) is 11.0. The molecule has 0 amide bonds. The Kier molecular flexibility index (Phi) is 3.62. The summed E-state index contributed by atoms with van der Waals surface area (Å²) in [6.45, 7) is 0.154. The number of ether oxygens (including phenoxy) is 1. The molecule has 0 radical (unpaired) electrons. The molecule has 1 N–H and O–H groups in total. The lowest BCUT2D eigenvalue weighted by molar-refractivity contribution is 0.0691. The normalized spacial score (nSPS) is 10.2. The van der Waals surface area contributed by atoms with Crippen molar-refractivity contribution in [2.45, 2.75) is 6.61 Å². The fraction of sp³-hybridized carbons (Fsp3) is 0.0909. The lowest BCUT2D eigenvalue weighted by Gasteiger charge is -2.07. The summed E-state index contributed by atoms with van der Waals surface area (Å²) in [6, 6.07) is 6.62. The number of rotatable bonds is 4. The molecule has 5 nitrogen and oxygen atoms in total. The van der Waals surface area contributed by atoms with E-state index in [4.69, 9.17) is 14.4 Å². The van der Waals surface area contributed by atoms with Crippen LogP contribution in [0.25, 0.3) is 0 Å². The van der Waals surface area contributed by atoms with Crippen molar-refractivity contribution in [3.63, 3.8) is 0 Å². The zero-order chi connectivity index (χ0) is 12.3. The van der Waals surface area contributed by atoms with Gasteiger partial charge in [0.25, 0.3) is 0 Å². The second-order valence-electron chi connectivity index (χ2n) is 3.21. The first-order valence-electron chi connectivity index (χ1n) is 4.72. The number of aromatic carboxylic acids is 1. The fourth-order valence-corrected chi connectivity index (χ4v) is 1.75. The maximum Gasteiger partial charge on any atom is 0.339 e. The summed E-state index contributed by atoms with van der Waals surface area (Å²) in [5.41, 5.74) is 0.136. The first-order chi connectivity index (χ1) is 8.16. The van der Waals surface area contributed by atoms with Crippen LogP contribution < -0.4 is 4.74 Å². The van der Waals surface area contributed by atoms with Gasteiger partial charge in [0.15, 0.2) is 5.76 Å². The van der Waals surface area contributed by atoms with Gasteiger partial charge in [0.1, 0.15) is 17.9 Å². The molecule has 0 atom stereocenters. The Balaban J connectivity index is 2.17. The molecule has 1 aromatic carbocycles. The summed E-state index contributed by atoms with van der Waals surface area (Å²) in [6.07, 6.45) is 1.50. The van der Waals surface area contributed by atoms with Gasteiger partial charge in [-0.3, -0.25) is 0 Å². The van der Waals surface area contributed by atoms with Gasteiger partial charge in [-0.05, 0) is 40.8 Å². The molecule has 0 aliphatic carbocycles. The highest BCUT2D eigenvalue weighted by molar-refractivity contribution is 14.1. The van der Waals surface area contributed by atoms with Crippen molar-refractivity contribution in [2.75, 3.05) is 0 Å². The van der Waals surface area contributed by atoms with Crippen LogP contribution in [-0.4, -0.2) is 16.2 Å². The van der Waals surface area contributed by atoms with Crippen molar-refractivity contribution < 1.29 is 19.2 Å². The predicted molar refractivity (Wildman–Crippen MR) is 67.0 cm³/mol. The molecule has 17 heavy (non-hydrogen) atoms. The topological polar surface area (TPSA) is 72.6 Å². The number of aromatic nitrogens is 1. The van der Waals surface area contributed by atoms with Gasteiger partial charge in [-0.25, -0.2) is 4.79 Å². The predicted octanol–water partition coefficient (Wildman–Crippen LogP) is 2.56. The number of benzene rings is 1. The Morgan fingerprint density at radius 1 is 1.47 bits per heavy atom. The van der Waals surface area contributed by atoms with Crippen molar-refractivity contribution in [1.29, 1.82) is 0 Å². The van der Waals surface area contributed by atoms with Gasteiger partial charge in [-0.1, -0.05) is 5.16 Å². The number of hydrogen-bond donors (Lipinski definition) is 1. The van der Waals surface area contributed by atoms with Gasteiger partial charge in [-0.15, -0.1) is 0 Å². The largest absolute Gasteiger partial charge is 0.485 e. The molecular formula is C11H8INO4. The zero-order valence-electron chi connectivity index (χ0n) is 8.59. The molecule has 2 aromatic rings. The van der Waals surface area contributed by atoms with Crippen LogP contribution in [0, 0.1) is 3.57 Å². The van der Waals surface area contributed by atoms with Crippen LogP contribution >= 0.6 is 22.6 Å². The molecule has 1 aromatic heterocycles. The van der Waals surface area contributed by atoms with Gasteiger partial charge in [-0.2, -0.15) is 0 Å². The van der Waals surface area contributed by atoms with E-state index in [1.807, 2.05) is 22.6 Å². The van der Waals surface area contributed by atoms with Crippen LogP contribution in [0.15, 0.2) is 35.0 Å². The number of carboxylic acids is 1. The van der Waals surface area contributed by atoms with Crippen LogP contribution in [0.4, 0.5) is 0 Å². The molecular weight excluding hydrogens is 337 g/mol. The lowest BCUT2D eigenvalue weighted by Crippen LogP contribution is -2.03. The maximum absolute atomic E-state index is 11.0. The Labute approximate surface area is 111 Å². The van der Waals surface area contributed by atoms with Gasteiger partial charge >= 0.3 is 5.97 Å². The second kappa shape index (κ2) is 5.17. The third-order valence-electron chi connectivity index (χ3n) is 2.03. The smallest absolute Gasteiger partial charge is 0.339 e. The monoisotopic (exact) mass is 345 g/mol. The summed E-state index contributed by atoms with van der Waals surface area (Å²) in [5.74, 6) is -0.162. The van der Waals surface area contributed by atoms with E-state index < -0.39 is 5.97 Å². The SMILES string of the molecule is O=C(O)c1cc(I)ccc1OCc1ccno1. The van der Waals surface area contributed by atoms with E-state index >= 15 is 0 Å². The molecule has 2 rings (SSSR count). The van der Waals surface area contributed by atoms with Gasteiger partial charge in [0, 0.05) is 9.64 Å². The van der Waals surface area contributed by atoms with Crippen molar-refractivity contribution >= 4 is 28.6 Å². The summed E-state index contributed by atoms with van der Waals surface area (Å²) in [5, 5.41) is 12.6. The zero-order valence-corrected chi connectivity index (χ0v) is 10.7. The summed E-state index contributed by atoms with van der Waals surface area (Å²) >= 11 is 2.05. The van der Waals surface area contributed by atoms with Crippen molar-refractivity contribution in [3.05, 3.63) is 45.4 Å². The van der Waals surface area contributed by atoms with Crippen LogP contribution in [-0.2, 0) is 6.61 Å². The average molecular weight is 345 g/mol. The van der Waals surface area contributed by atoms with Gasteiger partial charge < -0.3 is 14.4 Å². The van der Waals surface area contributed by atoms with Crippen LogP contribution in [0.3, 0.4) is 0 Å².